The number of ether oxygens (including phenoxy) is 1. The Kier molecular flexibility index (Phi) is 4.74. The molecule has 0 saturated heterocycles. The van der Waals surface area contributed by atoms with Crippen LogP contribution in [0.1, 0.15) is 31.9 Å². The second-order valence-corrected chi connectivity index (χ2v) is 4.83. The van der Waals surface area contributed by atoms with Gasteiger partial charge in [0.1, 0.15) is 5.52 Å². The molecule has 1 unspecified atom stereocenters. The van der Waals surface area contributed by atoms with Gasteiger partial charge in [0.25, 0.3) is 0 Å². The van der Waals surface area contributed by atoms with Gasteiger partial charge >= 0.3 is 0 Å². The van der Waals surface area contributed by atoms with Crippen molar-refractivity contribution in [2.45, 2.75) is 39.2 Å². The van der Waals surface area contributed by atoms with Crippen molar-refractivity contribution in [1.82, 2.24) is 14.6 Å². The largest absolute Gasteiger partial charge is 0.383 e. The van der Waals surface area contributed by atoms with Crippen molar-refractivity contribution < 1.29 is 4.74 Å². The fourth-order valence-electron chi connectivity index (χ4n) is 2.20. The van der Waals surface area contributed by atoms with E-state index in [1.807, 2.05) is 23.7 Å². The Morgan fingerprint density at radius 1 is 1.47 bits per heavy atom. The molecule has 0 aliphatic rings. The second kappa shape index (κ2) is 6.52. The molecule has 0 amide bonds. The van der Waals surface area contributed by atoms with Crippen molar-refractivity contribution in [1.29, 1.82) is 0 Å². The summed E-state index contributed by atoms with van der Waals surface area (Å²) in [5.74, 6) is 0.876. The van der Waals surface area contributed by atoms with Gasteiger partial charge in [0, 0.05) is 19.5 Å². The monoisotopic (exact) mass is 262 g/mol. The highest BCUT2D eigenvalue weighted by Crippen LogP contribution is 2.17. The van der Waals surface area contributed by atoms with Crippen molar-refractivity contribution in [3.8, 4) is 0 Å². The molecule has 0 bridgehead atoms. The third-order valence-corrected chi connectivity index (χ3v) is 3.13. The topological polar surface area (TPSA) is 51.5 Å². The number of hydrogen-bond donors (Lipinski definition) is 1. The fraction of sp³-hybridized carbons (Fsp3) is 0.571. The average Bonchev–Trinajstić information content (AvgIpc) is 2.77. The maximum absolute atomic E-state index is 5.28. The van der Waals surface area contributed by atoms with Crippen molar-refractivity contribution in [2.75, 3.05) is 19.0 Å². The van der Waals surface area contributed by atoms with Crippen LogP contribution in [0.15, 0.2) is 18.5 Å². The van der Waals surface area contributed by atoms with E-state index in [1.165, 1.54) is 12.8 Å². The maximum Gasteiger partial charge on any atom is 0.152 e. The van der Waals surface area contributed by atoms with Gasteiger partial charge in [0.15, 0.2) is 5.82 Å². The van der Waals surface area contributed by atoms with Crippen LogP contribution in [-0.2, 0) is 4.74 Å². The standard InChI is InChI=1S/C14H22N4O/c1-4-5-6-12(10-19-3)16-14-13-9-11(2)17-18(13)8-7-15-14/h7-9,12H,4-6,10H2,1-3H3,(H,15,16). The van der Waals surface area contributed by atoms with E-state index in [-0.39, 0.29) is 0 Å². The van der Waals surface area contributed by atoms with Gasteiger partial charge in [0.05, 0.1) is 18.3 Å². The van der Waals surface area contributed by atoms with E-state index < -0.39 is 0 Å². The number of methoxy groups -OCH3 is 1. The van der Waals surface area contributed by atoms with Gasteiger partial charge in [-0.05, 0) is 19.4 Å². The van der Waals surface area contributed by atoms with E-state index in [0.29, 0.717) is 12.6 Å². The van der Waals surface area contributed by atoms with Crippen LogP contribution < -0.4 is 5.32 Å². The Balaban J connectivity index is 2.17. The zero-order valence-corrected chi connectivity index (χ0v) is 11.9. The Morgan fingerprint density at radius 2 is 2.32 bits per heavy atom. The summed E-state index contributed by atoms with van der Waals surface area (Å²) in [4.78, 5) is 4.42. The van der Waals surface area contributed by atoms with Crippen molar-refractivity contribution >= 4 is 11.3 Å². The summed E-state index contributed by atoms with van der Waals surface area (Å²) in [7, 11) is 1.73. The van der Waals surface area contributed by atoms with Crippen LogP contribution in [0.3, 0.4) is 0 Å². The summed E-state index contributed by atoms with van der Waals surface area (Å²) in [6.07, 6.45) is 7.09. The molecule has 1 N–H and O–H groups in total. The Morgan fingerprint density at radius 3 is 3.05 bits per heavy atom. The summed E-state index contributed by atoms with van der Waals surface area (Å²) in [5.41, 5.74) is 2.01. The summed E-state index contributed by atoms with van der Waals surface area (Å²) >= 11 is 0. The van der Waals surface area contributed by atoms with Gasteiger partial charge in [-0.25, -0.2) is 9.50 Å². The molecule has 0 spiro atoms. The van der Waals surface area contributed by atoms with Gasteiger partial charge in [-0.15, -0.1) is 0 Å². The van der Waals surface area contributed by atoms with Crippen LogP contribution in [0.25, 0.3) is 5.52 Å². The molecule has 0 aliphatic heterocycles. The predicted molar refractivity (Wildman–Crippen MR) is 76.5 cm³/mol. The normalized spacial score (nSPS) is 12.8. The van der Waals surface area contributed by atoms with Crippen molar-refractivity contribution in [3.05, 3.63) is 24.2 Å². The highest BCUT2D eigenvalue weighted by molar-refractivity contribution is 5.67. The number of rotatable bonds is 7. The third-order valence-electron chi connectivity index (χ3n) is 3.13. The molecule has 2 heterocycles. The minimum absolute atomic E-state index is 0.291. The Labute approximate surface area is 114 Å². The van der Waals surface area contributed by atoms with E-state index >= 15 is 0 Å². The van der Waals surface area contributed by atoms with Crippen LogP contribution in [0.2, 0.25) is 0 Å². The first-order valence-electron chi connectivity index (χ1n) is 6.81. The number of nitrogens with one attached hydrogen (secondary N) is 1. The second-order valence-electron chi connectivity index (χ2n) is 4.83. The van der Waals surface area contributed by atoms with Crippen molar-refractivity contribution in [3.63, 3.8) is 0 Å². The molecule has 5 nitrogen and oxygen atoms in total. The van der Waals surface area contributed by atoms with E-state index in [9.17, 15) is 0 Å². The zero-order chi connectivity index (χ0) is 13.7. The molecule has 0 radical (unpaired) electrons. The minimum atomic E-state index is 0.291. The molecular weight excluding hydrogens is 240 g/mol. The predicted octanol–water partition coefficient (Wildman–Crippen LogP) is 2.65. The molecule has 1 atom stereocenters. The Hall–Kier alpha value is -1.62. The van der Waals surface area contributed by atoms with Gasteiger partial charge < -0.3 is 10.1 Å². The molecule has 2 rings (SSSR count). The smallest absolute Gasteiger partial charge is 0.152 e. The van der Waals surface area contributed by atoms with Crippen LogP contribution in [-0.4, -0.2) is 34.4 Å². The van der Waals surface area contributed by atoms with Crippen LogP contribution >= 0.6 is 0 Å². The summed E-state index contributed by atoms with van der Waals surface area (Å²) in [6, 6.07) is 2.33. The Bertz CT molecular complexity index is 523. The molecule has 2 aromatic rings. The van der Waals surface area contributed by atoms with Crippen molar-refractivity contribution in [2.24, 2.45) is 0 Å². The fourth-order valence-corrected chi connectivity index (χ4v) is 2.20. The number of unbranched alkanes of at least 4 members (excludes halogenated alkanes) is 1. The number of nitrogens with zero attached hydrogens (tertiary/aromatic N) is 3. The van der Waals surface area contributed by atoms with Gasteiger partial charge in [0.2, 0.25) is 0 Å². The molecule has 2 aromatic heterocycles. The number of anilines is 1. The molecule has 5 heteroatoms. The SMILES string of the molecule is CCCCC(COC)Nc1nccn2nc(C)cc12. The first-order chi connectivity index (χ1) is 9.24. The van der Waals surface area contributed by atoms with E-state index in [4.69, 9.17) is 4.74 Å². The quantitative estimate of drug-likeness (QED) is 0.833. The summed E-state index contributed by atoms with van der Waals surface area (Å²) < 4.78 is 7.13. The molecule has 0 aliphatic carbocycles. The van der Waals surface area contributed by atoms with Gasteiger partial charge in [-0.1, -0.05) is 19.8 Å². The lowest BCUT2D eigenvalue weighted by Gasteiger charge is -2.18. The molecule has 0 saturated carbocycles. The molecule has 0 fully saturated rings. The maximum atomic E-state index is 5.28. The van der Waals surface area contributed by atoms with Gasteiger partial charge in [-0.3, -0.25) is 0 Å². The lowest BCUT2D eigenvalue weighted by molar-refractivity contribution is 0.182. The lowest BCUT2D eigenvalue weighted by Crippen LogP contribution is -2.25. The number of aryl methyl sites for hydroxylation is 1. The number of hydrogen-bond acceptors (Lipinski definition) is 4. The molecule has 0 aromatic carbocycles. The first kappa shape index (κ1) is 13.8. The number of fused-ring (bicyclic) bond motifs is 1. The average molecular weight is 262 g/mol. The zero-order valence-electron chi connectivity index (χ0n) is 11.9. The first-order valence-corrected chi connectivity index (χ1v) is 6.81. The highest BCUT2D eigenvalue weighted by atomic mass is 16.5. The minimum Gasteiger partial charge on any atom is -0.383 e. The number of aromatic nitrogens is 3. The summed E-state index contributed by atoms with van der Waals surface area (Å²) in [6.45, 7) is 4.87. The molecule has 104 valence electrons. The van der Waals surface area contributed by atoms with E-state index in [2.05, 4.69) is 22.3 Å². The van der Waals surface area contributed by atoms with Gasteiger partial charge in [-0.2, -0.15) is 5.10 Å². The lowest BCUT2D eigenvalue weighted by atomic mass is 10.1. The van der Waals surface area contributed by atoms with E-state index in [1.54, 1.807) is 13.3 Å². The van der Waals surface area contributed by atoms with Crippen LogP contribution in [0.4, 0.5) is 5.82 Å². The van der Waals surface area contributed by atoms with Crippen LogP contribution in [0, 0.1) is 6.92 Å². The summed E-state index contributed by atoms with van der Waals surface area (Å²) in [5, 5.41) is 7.87. The van der Waals surface area contributed by atoms with E-state index in [0.717, 1.165) is 23.4 Å². The highest BCUT2D eigenvalue weighted by Gasteiger charge is 2.11. The molecular formula is C14H22N4O. The third kappa shape index (κ3) is 3.44. The van der Waals surface area contributed by atoms with Crippen LogP contribution in [0.5, 0.6) is 0 Å². The molecule has 19 heavy (non-hydrogen) atoms.